The first-order chi connectivity index (χ1) is 6.61. The molecule has 1 aromatic carbocycles. The summed E-state index contributed by atoms with van der Waals surface area (Å²) in [7, 11) is 0. The van der Waals surface area contributed by atoms with Crippen LogP contribution < -0.4 is 5.32 Å². The van der Waals surface area contributed by atoms with Crippen molar-refractivity contribution >= 4 is 0 Å². The lowest BCUT2D eigenvalue weighted by atomic mass is 9.88. The lowest BCUT2D eigenvalue weighted by Gasteiger charge is -2.37. The number of benzene rings is 1. The van der Waals surface area contributed by atoms with Gasteiger partial charge in [-0.25, -0.2) is 4.39 Å². The summed E-state index contributed by atoms with van der Waals surface area (Å²) < 4.78 is 13.6. The molecule has 1 aromatic rings. The summed E-state index contributed by atoms with van der Waals surface area (Å²) in [6.07, 6.45) is 0.396. The van der Waals surface area contributed by atoms with E-state index in [1.165, 1.54) is 0 Å². The molecule has 0 radical (unpaired) electrons. The molecule has 0 saturated carbocycles. The lowest BCUT2D eigenvalue weighted by Crippen LogP contribution is -2.60. The minimum atomic E-state index is -0.741. The van der Waals surface area contributed by atoms with E-state index < -0.39 is 5.60 Å². The second-order valence-corrected chi connectivity index (χ2v) is 4.05. The Morgan fingerprint density at radius 1 is 1.50 bits per heavy atom. The van der Waals surface area contributed by atoms with Gasteiger partial charge >= 0.3 is 0 Å². The van der Waals surface area contributed by atoms with Gasteiger partial charge in [-0.1, -0.05) is 18.2 Å². The molecule has 0 amide bonds. The Balaban J connectivity index is 2.20. The highest BCUT2D eigenvalue weighted by Crippen LogP contribution is 2.21. The summed E-state index contributed by atoms with van der Waals surface area (Å²) in [6.45, 7) is 2.85. The van der Waals surface area contributed by atoms with E-state index in [0.717, 1.165) is 0 Å². The molecule has 0 unspecified atom stereocenters. The molecule has 0 atom stereocenters. The molecule has 76 valence electrons. The average Bonchev–Trinajstić information content (AvgIpc) is 2.10. The molecular formula is C11H14FNO. The first kappa shape index (κ1) is 9.62. The molecule has 2 rings (SSSR count). The van der Waals surface area contributed by atoms with Crippen LogP contribution in [-0.4, -0.2) is 23.8 Å². The molecule has 1 saturated heterocycles. The van der Waals surface area contributed by atoms with Crippen LogP contribution in [0.4, 0.5) is 4.39 Å². The molecule has 2 nitrogen and oxygen atoms in total. The number of hydrogen-bond acceptors (Lipinski definition) is 2. The summed E-state index contributed by atoms with van der Waals surface area (Å²) in [5, 5.41) is 12.8. The smallest absolute Gasteiger partial charge is 0.129 e. The number of hydrogen-bond donors (Lipinski definition) is 2. The molecule has 1 fully saturated rings. The maximum atomic E-state index is 13.6. The molecule has 14 heavy (non-hydrogen) atoms. The molecule has 0 bridgehead atoms. The van der Waals surface area contributed by atoms with Gasteiger partial charge in [0, 0.05) is 19.5 Å². The summed E-state index contributed by atoms with van der Waals surface area (Å²) in [4.78, 5) is 0. The summed E-state index contributed by atoms with van der Waals surface area (Å²) in [6, 6.07) is 5.30. The molecule has 0 spiro atoms. The number of rotatable bonds is 2. The van der Waals surface area contributed by atoms with Crippen LogP contribution in [0.3, 0.4) is 0 Å². The van der Waals surface area contributed by atoms with Crippen molar-refractivity contribution in [2.45, 2.75) is 18.9 Å². The van der Waals surface area contributed by atoms with E-state index >= 15 is 0 Å². The molecule has 2 N–H and O–H groups in total. The van der Waals surface area contributed by atoms with Crippen molar-refractivity contribution in [2.24, 2.45) is 0 Å². The Kier molecular flexibility index (Phi) is 2.29. The van der Waals surface area contributed by atoms with Gasteiger partial charge in [0.1, 0.15) is 5.82 Å². The number of nitrogens with one attached hydrogen (secondary N) is 1. The van der Waals surface area contributed by atoms with Gasteiger partial charge in [0.2, 0.25) is 0 Å². The number of halogens is 1. The van der Waals surface area contributed by atoms with Crippen LogP contribution in [0.15, 0.2) is 18.2 Å². The van der Waals surface area contributed by atoms with E-state index in [4.69, 9.17) is 0 Å². The minimum absolute atomic E-state index is 0.187. The highest BCUT2D eigenvalue weighted by Gasteiger charge is 2.34. The van der Waals surface area contributed by atoms with Crippen molar-refractivity contribution in [3.8, 4) is 0 Å². The highest BCUT2D eigenvalue weighted by molar-refractivity contribution is 5.27. The highest BCUT2D eigenvalue weighted by atomic mass is 19.1. The SMILES string of the molecule is Cc1cccc(CC2(O)CNC2)c1F. The summed E-state index contributed by atoms with van der Waals surface area (Å²) >= 11 is 0. The molecular weight excluding hydrogens is 181 g/mol. The third kappa shape index (κ3) is 1.65. The van der Waals surface area contributed by atoms with Gasteiger partial charge in [0.15, 0.2) is 0 Å². The van der Waals surface area contributed by atoms with Crippen LogP contribution in [0, 0.1) is 12.7 Å². The van der Waals surface area contributed by atoms with Crippen LogP contribution in [-0.2, 0) is 6.42 Å². The Morgan fingerprint density at radius 2 is 2.21 bits per heavy atom. The third-order valence-electron chi connectivity index (χ3n) is 2.70. The summed E-state index contributed by atoms with van der Waals surface area (Å²) in [5.74, 6) is -0.187. The largest absolute Gasteiger partial charge is 0.387 e. The fraction of sp³-hybridized carbons (Fsp3) is 0.455. The van der Waals surface area contributed by atoms with E-state index in [9.17, 15) is 9.50 Å². The molecule has 0 aromatic heterocycles. The van der Waals surface area contributed by atoms with Gasteiger partial charge in [-0.3, -0.25) is 0 Å². The summed E-state index contributed by atoms with van der Waals surface area (Å²) in [5.41, 5.74) is 0.502. The first-order valence-corrected chi connectivity index (χ1v) is 4.78. The Labute approximate surface area is 82.8 Å². The Morgan fingerprint density at radius 3 is 2.79 bits per heavy atom. The maximum absolute atomic E-state index is 13.6. The van der Waals surface area contributed by atoms with Crippen LogP contribution in [0.25, 0.3) is 0 Å². The van der Waals surface area contributed by atoms with Gasteiger partial charge in [0.25, 0.3) is 0 Å². The lowest BCUT2D eigenvalue weighted by molar-refractivity contribution is -0.00969. The van der Waals surface area contributed by atoms with Crippen molar-refractivity contribution in [1.29, 1.82) is 0 Å². The zero-order chi connectivity index (χ0) is 10.2. The zero-order valence-corrected chi connectivity index (χ0v) is 8.18. The minimum Gasteiger partial charge on any atom is -0.387 e. The molecule has 1 heterocycles. The molecule has 3 heteroatoms. The van der Waals surface area contributed by atoms with Crippen molar-refractivity contribution < 1.29 is 9.50 Å². The fourth-order valence-corrected chi connectivity index (χ4v) is 1.74. The second kappa shape index (κ2) is 3.33. The topological polar surface area (TPSA) is 32.3 Å². The van der Waals surface area contributed by atoms with E-state index in [-0.39, 0.29) is 5.82 Å². The van der Waals surface area contributed by atoms with Gasteiger partial charge in [-0.15, -0.1) is 0 Å². The predicted molar refractivity (Wildman–Crippen MR) is 52.7 cm³/mol. The van der Waals surface area contributed by atoms with Gasteiger partial charge in [0.05, 0.1) is 5.60 Å². The number of aliphatic hydroxyl groups is 1. The number of β-amino-alcohol motifs (C(OH)–C–C–N with tert-alkyl or cyclic N) is 1. The third-order valence-corrected chi connectivity index (χ3v) is 2.70. The Bertz CT molecular complexity index is 347. The fourth-order valence-electron chi connectivity index (χ4n) is 1.74. The standard InChI is InChI=1S/C11H14FNO/c1-8-3-2-4-9(10(8)12)5-11(14)6-13-7-11/h2-4,13-14H,5-7H2,1H3. The van der Waals surface area contributed by atoms with Crippen molar-refractivity contribution in [2.75, 3.05) is 13.1 Å². The molecule has 1 aliphatic heterocycles. The van der Waals surface area contributed by atoms with E-state index in [1.54, 1.807) is 19.1 Å². The van der Waals surface area contributed by atoms with Crippen LogP contribution >= 0.6 is 0 Å². The van der Waals surface area contributed by atoms with E-state index in [2.05, 4.69) is 5.32 Å². The van der Waals surface area contributed by atoms with E-state index in [0.29, 0.717) is 30.6 Å². The normalized spacial score (nSPS) is 19.1. The van der Waals surface area contributed by atoms with Crippen molar-refractivity contribution in [1.82, 2.24) is 5.32 Å². The molecule has 0 aliphatic carbocycles. The quantitative estimate of drug-likeness (QED) is 0.738. The average molecular weight is 195 g/mol. The van der Waals surface area contributed by atoms with Crippen LogP contribution in [0.2, 0.25) is 0 Å². The van der Waals surface area contributed by atoms with Gasteiger partial charge in [-0.05, 0) is 18.1 Å². The second-order valence-electron chi connectivity index (χ2n) is 4.05. The monoisotopic (exact) mass is 195 g/mol. The maximum Gasteiger partial charge on any atom is 0.129 e. The van der Waals surface area contributed by atoms with Crippen LogP contribution in [0.5, 0.6) is 0 Å². The first-order valence-electron chi connectivity index (χ1n) is 4.78. The van der Waals surface area contributed by atoms with Crippen molar-refractivity contribution in [3.05, 3.63) is 35.1 Å². The predicted octanol–water partition coefficient (Wildman–Crippen LogP) is 1.01. The molecule has 1 aliphatic rings. The van der Waals surface area contributed by atoms with Crippen LogP contribution in [0.1, 0.15) is 11.1 Å². The van der Waals surface area contributed by atoms with Gasteiger partial charge < -0.3 is 10.4 Å². The van der Waals surface area contributed by atoms with E-state index in [1.807, 2.05) is 6.07 Å². The zero-order valence-electron chi connectivity index (χ0n) is 8.18. The van der Waals surface area contributed by atoms with Crippen molar-refractivity contribution in [3.63, 3.8) is 0 Å². The Hall–Kier alpha value is -0.930. The van der Waals surface area contributed by atoms with Gasteiger partial charge in [-0.2, -0.15) is 0 Å². The number of aryl methyl sites for hydroxylation is 1.